The van der Waals surface area contributed by atoms with Crippen molar-refractivity contribution in [1.29, 1.82) is 0 Å². The first-order chi connectivity index (χ1) is 4.74. The molecule has 0 aromatic heterocycles. The molecule has 0 fully saturated rings. The molecule has 0 radical (unpaired) electrons. The van der Waals surface area contributed by atoms with Gasteiger partial charge in [-0.15, -0.1) is 0 Å². The van der Waals surface area contributed by atoms with E-state index in [0.29, 0.717) is 17.4 Å². The molecule has 52 valence electrons. The van der Waals surface area contributed by atoms with Gasteiger partial charge in [-0.3, -0.25) is 4.79 Å². The van der Waals surface area contributed by atoms with Gasteiger partial charge in [-0.2, -0.15) is 0 Å². The number of hydrogen-bond acceptors (Lipinski definition) is 1. The first-order valence-corrected chi connectivity index (χ1v) is 2.95. The number of benzene rings is 1. The molecule has 0 aliphatic carbocycles. The molecule has 1 rings (SSSR count). The van der Waals surface area contributed by atoms with Crippen LogP contribution >= 0.6 is 0 Å². The van der Waals surface area contributed by atoms with Crippen LogP contribution in [-0.4, -0.2) is 6.29 Å². The van der Waals surface area contributed by atoms with Gasteiger partial charge in [0.25, 0.3) is 0 Å². The fourth-order valence-corrected chi connectivity index (χ4v) is 0.682. The third kappa shape index (κ3) is 1.21. The van der Waals surface area contributed by atoms with Crippen molar-refractivity contribution in [1.82, 2.24) is 0 Å². The molecule has 0 atom stereocenters. The van der Waals surface area contributed by atoms with Crippen molar-refractivity contribution in [3.8, 4) is 0 Å². The summed E-state index contributed by atoms with van der Waals surface area (Å²) >= 11 is 0. The lowest BCUT2D eigenvalue weighted by atomic mass is 10.1. The summed E-state index contributed by atoms with van der Waals surface area (Å²) in [5.41, 5.74) is 0.939. The topological polar surface area (TPSA) is 17.1 Å². The Morgan fingerprint density at radius 3 is 2.70 bits per heavy atom. The normalized spacial score (nSPS) is 9.40. The second-order valence-electron chi connectivity index (χ2n) is 2.13. The van der Waals surface area contributed by atoms with Gasteiger partial charge in [-0.25, -0.2) is 4.39 Å². The molecular weight excluding hydrogens is 130 g/mol. The second kappa shape index (κ2) is 2.60. The largest absolute Gasteiger partial charge is 0.298 e. The van der Waals surface area contributed by atoms with Gasteiger partial charge in [0.15, 0.2) is 0 Å². The van der Waals surface area contributed by atoms with Crippen LogP contribution in [0.1, 0.15) is 15.9 Å². The van der Waals surface area contributed by atoms with Crippen molar-refractivity contribution in [2.45, 2.75) is 6.92 Å². The zero-order valence-electron chi connectivity index (χ0n) is 5.60. The van der Waals surface area contributed by atoms with Crippen LogP contribution in [0.25, 0.3) is 0 Å². The Bertz CT molecular complexity index is 255. The summed E-state index contributed by atoms with van der Waals surface area (Å²) in [5.74, 6) is -0.329. The molecular formula is C8H7FO. The lowest BCUT2D eigenvalue weighted by molar-refractivity contribution is 0.112. The molecule has 1 aromatic rings. The van der Waals surface area contributed by atoms with Crippen molar-refractivity contribution in [2.75, 3.05) is 0 Å². The molecule has 10 heavy (non-hydrogen) atoms. The summed E-state index contributed by atoms with van der Waals surface area (Å²) in [4.78, 5) is 10.1. The smallest absolute Gasteiger partial charge is 0.150 e. The van der Waals surface area contributed by atoms with E-state index < -0.39 is 0 Å². The van der Waals surface area contributed by atoms with Crippen LogP contribution in [0.5, 0.6) is 0 Å². The molecule has 1 aromatic carbocycles. The van der Waals surface area contributed by atoms with Gasteiger partial charge in [0.1, 0.15) is 12.1 Å². The second-order valence-corrected chi connectivity index (χ2v) is 2.13. The Morgan fingerprint density at radius 2 is 2.20 bits per heavy atom. The van der Waals surface area contributed by atoms with Crippen LogP contribution in [0, 0.1) is 12.7 Å². The van der Waals surface area contributed by atoms with E-state index in [2.05, 4.69) is 0 Å². The van der Waals surface area contributed by atoms with E-state index in [1.807, 2.05) is 0 Å². The first kappa shape index (κ1) is 6.93. The van der Waals surface area contributed by atoms with Gasteiger partial charge in [-0.05, 0) is 18.6 Å². The van der Waals surface area contributed by atoms with E-state index in [9.17, 15) is 9.18 Å². The monoisotopic (exact) mass is 137 g/mol. The predicted molar refractivity (Wildman–Crippen MR) is 36.5 cm³/mol. The van der Waals surface area contributed by atoms with Crippen LogP contribution in [0.3, 0.4) is 0 Å². The van der Waals surface area contributed by atoms with Crippen molar-refractivity contribution in [3.63, 3.8) is 0 Å². The summed E-state index contributed by atoms with van der Waals surface area (Å²) in [6.07, 6.45) is 0.628. The summed E-state index contributed by atoms with van der Waals surface area (Å²) in [7, 11) is 0. The van der Waals surface area contributed by atoms with E-state index in [1.54, 1.807) is 19.1 Å². The fourth-order valence-electron chi connectivity index (χ4n) is 0.682. The van der Waals surface area contributed by atoms with Gasteiger partial charge < -0.3 is 0 Å². The molecule has 0 amide bonds. The summed E-state index contributed by atoms with van der Waals surface area (Å²) < 4.78 is 12.6. The number of carbonyl (C=O) groups is 1. The number of hydrogen-bond donors (Lipinski definition) is 0. The minimum absolute atomic E-state index is 0.329. The van der Waals surface area contributed by atoms with E-state index in [0.717, 1.165) is 0 Å². The van der Waals surface area contributed by atoms with Crippen LogP contribution < -0.4 is 0 Å². The number of aldehydes is 1. The third-order valence-corrected chi connectivity index (χ3v) is 1.33. The number of rotatable bonds is 1. The SMILES string of the molecule is Cc1ccc(C=O)cc1[18F]. The highest BCUT2D eigenvalue weighted by Crippen LogP contribution is 2.06. The van der Waals surface area contributed by atoms with E-state index in [4.69, 9.17) is 0 Å². The van der Waals surface area contributed by atoms with E-state index >= 15 is 0 Å². The van der Waals surface area contributed by atoms with Gasteiger partial charge in [0.2, 0.25) is 0 Å². The highest BCUT2D eigenvalue weighted by Gasteiger charge is 1.96. The van der Waals surface area contributed by atoms with Crippen LogP contribution in [0.15, 0.2) is 18.2 Å². The molecule has 0 aliphatic rings. The lowest BCUT2D eigenvalue weighted by Gasteiger charge is -1.94. The summed E-state index contributed by atoms with van der Waals surface area (Å²) in [6, 6.07) is 4.40. The zero-order chi connectivity index (χ0) is 7.56. The molecule has 0 aliphatic heterocycles. The van der Waals surface area contributed by atoms with Crippen molar-refractivity contribution < 1.29 is 9.18 Å². The quantitative estimate of drug-likeness (QED) is 0.540. The van der Waals surface area contributed by atoms with E-state index in [-0.39, 0.29) is 5.82 Å². The average Bonchev–Trinajstić information content (AvgIpc) is 1.95. The molecule has 2 heteroatoms. The fraction of sp³-hybridized carbons (Fsp3) is 0.125. The standard InChI is InChI=1S/C8H7FO/c1-6-2-3-7(5-10)4-8(6)9/h2-5H,1H3/i9-1. The van der Waals surface area contributed by atoms with Crippen LogP contribution in [0.4, 0.5) is 4.39 Å². The summed E-state index contributed by atoms with van der Waals surface area (Å²) in [6.45, 7) is 1.66. The molecule has 0 heterocycles. The maximum atomic E-state index is 12.6. The molecule has 1 nitrogen and oxygen atoms in total. The maximum Gasteiger partial charge on any atom is 0.150 e. The predicted octanol–water partition coefficient (Wildman–Crippen LogP) is 1.95. The van der Waals surface area contributed by atoms with Crippen molar-refractivity contribution in [2.24, 2.45) is 0 Å². The highest BCUT2D eigenvalue weighted by molar-refractivity contribution is 5.74. The Kier molecular flexibility index (Phi) is 1.81. The Balaban J connectivity index is 3.16. The third-order valence-electron chi connectivity index (χ3n) is 1.33. The zero-order valence-corrected chi connectivity index (χ0v) is 5.60. The molecule has 0 saturated heterocycles. The van der Waals surface area contributed by atoms with Crippen molar-refractivity contribution >= 4 is 6.29 Å². The maximum absolute atomic E-state index is 12.6. The Hall–Kier alpha value is -1.18. The summed E-state index contributed by atoms with van der Waals surface area (Å²) in [5, 5.41) is 0. The van der Waals surface area contributed by atoms with E-state index in [1.165, 1.54) is 6.07 Å². The van der Waals surface area contributed by atoms with Crippen LogP contribution in [-0.2, 0) is 0 Å². The van der Waals surface area contributed by atoms with Crippen LogP contribution in [0.2, 0.25) is 0 Å². The average molecular weight is 137 g/mol. The Labute approximate surface area is 58.5 Å². The number of aryl methyl sites for hydroxylation is 1. The van der Waals surface area contributed by atoms with Crippen molar-refractivity contribution in [3.05, 3.63) is 35.1 Å². The molecule has 0 spiro atoms. The van der Waals surface area contributed by atoms with Gasteiger partial charge >= 0.3 is 0 Å². The molecule has 0 bridgehead atoms. The molecule has 0 saturated carbocycles. The van der Waals surface area contributed by atoms with Gasteiger partial charge in [0.05, 0.1) is 0 Å². The minimum Gasteiger partial charge on any atom is -0.298 e. The van der Waals surface area contributed by atoms with Gasteiger partial charge in [0, 0.05) is 5.56 Å². The first-order valence-electron chi connectivity index (χ1n) is 2.95. The lowest BCUT2D eigenvalue weighted by Crippen LogP contribution is -1.85. The van der Waals surface area contributed by atoms with Gasteiger partial charge in [-0.1, -0.05) is 12.1 Å². The minimum atomic E-state index is -0.329. The Morgan fingerprint density at radius 1 is 1.50 bits per heavy atom. The number of halogens is 1. The number of carbonyl (C=O) groups excluding carboxylic acids is 1. The molecule has 0 N–H and O–H groups in total. The molecule has 0 unspecified atom stereocenters. The highest BCUT2D eigenvalue weighted by atomic mass is 18.2.